The van der Waals surface area contributed by atoms with Gasteiger partial charge in [0.2, 0.25) is 5.91 Å². The molecule has 6 heteroatoms. The fraction of sp³-hybridized carbons (Fsp3) is 0.636. The van der Waals surface area contributed by atoms with Gasteiger partial charge in [-0.2, -0.15) is 0 Å². The van der Waals surface area contributed by atoms with E-state index in [0.717, 1.165) is 23.1 Å². The second kappa shape index (κ2) is 6.56. The van der Waals surface area contributed by atoms with Crippen LogP contribution in [0, 0.1) is 0 Å². The van der Waals surface area contributed by atoms with Crippen molar-refractivity contribution in [2.24, 2.45) is 0 Å². The minimum atomic E-state index is 0.115. The van der Waals surface area contributed by atoms with Crippen LogP contribution in [-0.2, 0) is 11.3 Å². The van der Waals surface area contributed by atoms with Crippen LogP contribution in [0.1, 0.15) is 11.8 Å². The molecule has 0 saturated heterocycles. The van der Waals surface area contributed by atoms with Gasteiger partial charge < -0.3 is 10.2 Å². The predicted octanol–water partition coefficient (Wildman–Crippen LogP) is 1.09. The summed E-state index contributed by atoms with van der Waals surface area (Å²) >= 11 is 1.63. The lowest BCUT2D eigenvalue weighted by molar-refractivity contribution is -0.129. The lowest BCUT2D eigenvalue weighted by Gasteiger charge is -2.17. The fourth-order valence-electron chi connectivity index (χ4n) is 1.31. The van der Waals surface area contributed by atoms with E-state index < -0.39 is 0 Å². The number of carbonyl (C=O) groups is 1. The van der Waals surface area contributed by atoms with Crippen LogP contribution in [0.15, 0.2) is 6.20 Å². The van der Waals surface area contributed by atoms with Crippen molar-refractivity contribution in [3.05, 3.63) is 11.1 Å². The minimum absolute atomic E-state index is 0.115. The maximum Gasteiger partial charge on any atom is 0.236 e. The van der Waals surface area contributed by atoms with Crippen LogP contribution in [-0.4, -0.2) is 54.9 Å². The van der Waals surface area contributed by atoms with Gasteiger partial charge in [-0.3, -0.25) is 9.69 Å². The highest BCUT2D eigenvalue weighted by atomic mass is 32.1. The first-order valence-electron chi connectivity index (χ1n) is 5.60. The van der Waals surface area contributed by atoms with E-state index in [1.54, 1.807) is 30.3 Å². The van der Waals surface area contributed by atoms with Crippen molar-refractivity contribution in [2.45, 2.75) is 13.5 Å². The molecule has 0 radical (unpaired) electrons. The summed E-state index contributed by atoms with van der Waals surface area (Å²) in [5.41, 5.74) is 0. The molecule has 1 aromatic heterocycles. The third-order valence-corrected chi connectivity index (χ3v) is 3.15. The zero-order chi connectivity index (χ0) is 12.8. The summed E-state index contributed by atoms with van der Waals surface area (Å²) in [5.74, 6) is 0.115. The summed E-state index contributed by atoms with van der Waals surface area (Å²) in [5, 5.41) is 4.11. The zero-order valence-corrected chi connectivity index (χ0v) is 11.7. The molecule has 1 heterocycles. The number of anilines is 1. The van der Waals surface area contributed by atoms with E-state index >= 15 is 0 Å². The van der Waals surface area contributed by atoms with Gasteiger partial charge >= 0.3 is 0 Å². The molecule has 0 saturated carbocycles. The Morgan fingerprint density at radius 3 is 2.76 bits per heavy atom. The first-order valence-corrected chi connectivity index (χ1v) is 6.41. The van der Waals surface area contributed by atoms with Gasteiger partial charge in [0.15, 0.2) is 5.13 Å². The first-order chi connectivity index (χ1) is 8.02. The van der Waals surface area contributed by atoms with E-state index in [-0.39, 0.29) is 5.91 Å². The SMILES string of the molecule is CCNc1ncc(CN(C)CC(=O)N(C)C)s1. The van der Waals surface area contributed by atoms with E-state index in [1.807, 2.05) is 25.1 Å². The quantitative estimate of drug-likeness (QED) is 0.828. The van der Waals surface area contributed by atoms with Crippen LogP contribution >= 0.6 is 11.3 Å². The number of thiazole rings is 1. The molecule has 0 aromatic carbocycles. The lowest BCUT2D eigenvalue weighted by Crippen LogP contribution is -2.33. The molecule has 0 bridgehead atoms. The van der Waals surface area contributed by atoms with Crippen molar-refractivity contribution in [1.29, 1.82) is 0 Å². The number of carbonyl (C=O) groups excluding carboxylic acids is 1. The predicted molar refractivity (Wildman–Crippen MR) is 71.3 cm³/mol. The van der Waals surface area contributed by atoms with E-state index in [4.69, 9.17) is 0 Å². The summed E-state index contributed by atoms with van der Waals surface area (Å²) in [6.45, 7) is 4.11. The maximum atomic E-state index is 11.5. The summed E-state index contributed by atoms with van der Waals surface area (Å²) in [7, 11) is 5.48. The Bertz CT molecular complexity index is 364. The van der Waals surface area contributed by atoms with E-state index in [2.05, 4.69) is 10.3 Å². The third kappa shape index (κ3) is 4.70. The summed E-state index contributed by atoms with van der Waals surface area (Å²) in [4.78, 5) is 20.5. The Balaban J connectivity index is 2.44. The highest BCUT2D eigenvalue weighted by Crippen LogP contribution is 2.18. The Morgan fingerprint density at radius 1 is 1.47 bits per heavy atom. The van der Waals surface area contributed by atoms with E-state index in [9.17, 15) is 4.79 Å². The number of nitrogens with zero attached hydrogens (tertiary/aromatic N) is 3. The van der Waals surface area contributed by atoms with Crippen LogP contribution < -0.4 is 5.32 Å². The molecular weight excluding hydrogens is 236 g/mol. The standard InChI is InChI=1S/C11H20N4OS/c1-5-12-11-13-6-9(17-11)7-15(4)8-10(16)14(2)3/h6H,5,7-8H2,1-4H3,(H,12,13). The molecule has 0 unspecified atom stereocenters. The molecule has 5 nitrogen and oxygen atoms in total. The average Bonchev–Trinajstić information content (AvgIpc) is 2.65. The average molecular weight is 256 g/mol. The lowest BCUT2D eigenvalue weighted by atomic mass is 10.4. The van der Waals surface area contributed by atoms with Gasteiger partial charge in [0.25, 0.3) is 0 Å². The maximum absolute atomic E-state index is 11.5. The molecule has 1 aromatic rings. The number of hydrogen-bond donors (Lipinski definition) is 1. The van der Waals surface area contributed by atoms with Crippen molar-refractivity contribution in [1.82, 2.24) is 14.8 Å². The van der Waals surface area contributed by atoms with Gasteiger partial charge in [0.1, 0.15) is 0 Å². The van der Waals surface area contributed by atoms with Crippen LogP contribution in [0.3, 0.4) is 0 Å². The molecule has 1 N–H and O–H groups in total. The number of likely N-dealkylation sites (N-methyl/N-ethyl adjacent to an activating group) is 2. The molecule has 1 rings (SSSR count). The second-order valence-electron chi connectivity index (χ2n) is 4.12. The Hall–Kier alpha value is -1.14. The van der Waals surface area contributed by atoms with Crippen molar-refractivity contribution in [3.8, 4) is 0 Å². The minimum Gasteiger partial charge on any atom is -0.362 e. The third-order valence-electron chi connectivity index (χ3n) is 2.21. The molecule has 0 spiro atoms. The van der Waals surface area contributed by atoms with Gasteiger partial charge in [-0.1, -0.05) is 0 Å². The molecule has 1 amide bonds. The van der Waals surface area contributed by atoms with Crippen LogP contribution in [0.25, 0.3) is 0 Å². The van der Waals surface area contributed by atoms with Crippen molar-refractivity contribution >= 4 is 22.4 Å². The van der Waals surface area contributed by atoms with Crippen molar-refractivity contribution < 1.29 is 4.79 Å². The largest absolute Gasteiger partial charge is 0.362 e. The van der Waals surface area contributed by atoms with E-state index in [0.29, 0.717) is 6.54 Å². The number of rotatable bonds is 6. The van der Waals surface area contributed by atoms with Gasteiger partial charge in [-0.25, -0.2) is 4.98 Å². The number of aromatic nitrogens is 1. The summed E-state index contributed by atoms with van der Waals surface area (Å²) < 4.78 is 0. The second-order valence-corrected chi connectivity index (χ2v) is 5.24. The van der Waals surface area contributed by atoms with Crippen LogP contribution in [0.5, 0.6) is 0 Å². The number of amides is 1. The fourth-order valence-corrected chi connectivity index (χ4v) is 2.27. The Morgan fingerprint density at radius 2 is 2.18 bits per heavy atom. The Kier molecular flexibility index (Phi) is 5.37. The topological polar surface area (TPSA) is 48.5 Å². The highest BCUT2D eigenvalue weighted by molar-refractivity contribution is 7.15. The van der Waals surface area contributed by atoms with Gasteiger partial charge in [-0.15, -0.1) is 11.3 Å². The molecule has 0 atom stereocenters. The summed E-state index contributed by atoms with van der Waals surface area (Å²) in [6.07, 6.45) is 1.86. The normalized spacial score (nSPS) is 10.6. The molecule has 0 aliphatic heterocycles. The van der Waals surface area contributed by atoms with Gasteiger partial charge in [0.05, 0.1) is 6.54 Å². The number of hydrogen-bond acceptors (Lipinski definition) is 5. The highest BCUT2D eigenvalue weighted by Gasteiger charge is 2.10. The van der Waals surface area contributed by atoms with Crippen molar-refractivity contribution in [3.63, 3.8) is 0 Å². The van der Waals surface area contributed by atoms with E-state index in [1.165, 1.54) is 0 Å². The molecule has 0 fully saturated rings. The van der Waals surface area contributed by atoms with Gasteiger partial charge in [-0.05, 0) is 14.0 Å². The Labute approximate surface area is 106 Å². The molecule has 96 valence electrons. The monoisotopic (exact) mass is 256 g/mol. The molecular formula is C11H20N4OS. The smallest absolute Gasteiger partial charge is 0.236 e. The molecule has 17 heavy (non-hydrogen) atoms. The zero-order valence-electron chi connectivity index (χ0n) is 10.9. The first kappa shape index (κ1) is 13.9. The summed E-state index contributed by atoms with van der Waals surface area (Å²) in [6, 6.07) is 0. The number of nitrogens with one attached hydrogen (secondary N) is 1. The van der Waals surface area contributed by atoms with Crippen molar-refractivity contribution in [2.75, 3.05) is 39.5 Å². The van der Waals surface area contributed by atoms with Crippen LogP contribution in [0.2, 0.25) is 0 Å². The van der Waals surface area contributed by atoms with Gasteiger partial charge in [0, 0.05) is 38.3 Å². The van der Waals surface area contributed by atoms with Crippen LogP contribution in [0.4, 0.5) is 5.13 Å². The molecule has 0 aliphatic rings. The molecule has 0 aliphatic carbocycles.